The van der Waals surface area contributed by atoms with Crippen LogP contribution < -0.4 is 5.32 Å². The van der Waals surface area contributed by atoms with Gasteiger partial charge in [0.05, 0.1) is 0 Å². The van der Waals surface area contributed by atoms with E-state index in [4.69, 9.17) is 23.2 Å². The number of hydrogen-bond acceptors (Lipinski definition) is 1. The smallest absolute Gasteiger partial charge is 0.0459 e. The molecule has 0 amide bonds. The minimum atomic E-state index is 0.346. The third kappa shape index (κ3) is 2.27. The van der Waals surface area contributed by atoms with Crippen LogP contribution in [0.2, 0.25) is 10.0 Å². The summed E-state index contributed by atoms with van der Waals surface area (Å²) in [5, 5.41) is 4.82. The summed E-state index contributed by atoms with van der Waals surface area (Å²) in [7, 11) is 2.01. The lowest BCUT2D eigenvalue weighted by molar-refractivity contribution is 0.564. The van der Waals surface area contributed by atoms with Gasteiger partial charge in [0.1, 0.15) is 0 Å². The highest BCUT2D eigenvalue weighted by Crippen LogP contribution is 2.45. The molecule has 98 valence electrons. The third-order valence-electron chi connectivity index (χ3n) is 3.90. The summed E-state index contributed by atoms with van der Waals surface area (Å²) in [5.41, 5.74) is 3.91. The lowest BCUT2D eigenvalue weighted by Gasteiger charge is -2.14. The van der Waals surface area contributed by atoms with E-state index in [0.29, 0.717) is 17.0 Å². The van der Waals surface area contributed by atoms with E-state index >= 15 is 0 Å². The highest BCUT2D eigenvalue weighted by Gasteiger charge is 2.31. The van der Waals surface area contributed by atoms with Crippen molar-refractivity contribution in [1.29, 1.82) is 0 Å². The van der Waals surface area contributed by atoms with Gasteiger partial charge >= 0.3 is 0 Å². The minimum absolute atomic E-state index is 0.346. The Morgan fingerprint density at radius 2 is 1.74 bits per heavy atom. The molecule has 2 atom stereocenters. The molecule has 1 aliphatic carbocycles. The van der Waals surface area contributed by atoms with Crippen molar-refractivity contribution >= 4 is 23.2 Å². The lowest BCUT2D eigenvalue weighted by atomic mass is 9.93. The van der Waals surface area contributed by atoms with Crippen molar-refractivity contribution in [2.45, 2.75) is 18.4 Å². The summed E-state index contributed by atoms with van der Waals surface area (Å²) < 4.78 is 0. The number of benzene rings is 2. The molecule has 3 heteroatoms. The summed E-state index contributed by atoms with van der Waals surface area (Å²) in [5.74, 6) is 0.346. The number of nitrogens with one attached hydrogen (secondary N) is 1. The Bertz CT molecular complexity index is 609. The molecule has 0 heterocycles. The van der Waals surface area contributed by atoms with Gasteiger partial charge in [0.2, 0.25) is 0 Å². The monoisotopic (exact) mass is 291 g/mol. The van der Waals surface area contributed by atoms with Crippen molar-refractivity contribution < 1.29 is 0 Å². The fraction of sp³-hybridized carbons (Fsp3) is 0.250. The lowest BCUT2D eigenvalue weighted by Crippen LogP contribution is -2.13. The van der Waals surface area contributed by atoms with Gasteiger partial charge in [0.15, 0.2) is 0 Å². The van der Waals surface area contributed by atoms with Gasteiger partial charge in [0, 0.05) is 22.0 Å². The van der Waals surface area contributed by atoms with Crippen molar-refractivity contribution in [1.82, 2.24) is 5.32 Å². The van der Waals surface area contributed by atoms with E-state index in [2.05, 4.69) is 29.6 Å². The van der Waals surface area contributed by atoms with E-state index < -0.39 is 0 Å². The van der Waals surface area contributed by atoms with Crippen molar-refractivity contribution in [2.24, 2.45) is 0 Å². The van der Waals surface area contributed by atoms with Crippen molar-refractivity contribution in [2.75, 3.05) is 7.05 Å². The number of halogens is 2. The Kier molecular flexibility index (Phi) is 3.53. The van der Waals surface area contributed by atoms with Gasteiger partial charge in [0.25, 0.3) is 0 Å². The van der Waals surface area contributed by atoms with Crippen LogP contribution in [0.25, 0.3) is 0 Å². The molecule has 1 N–H and O–H groups in total. The van der Waals surface area contributed by atoms with E-state index in [0.717, 1.165) is 17.0 Å². The topological polar surface area (TPSA) is 12.0 Å². The molecule has 0 saturated heterocycles. The van der Waals surface area contributed by atoms with E-state index in [-0.39, 0.29) is 0 Å². The van der Waals surface area contributed by atoms with E-state index in [1.807, 2.05) is 25.2 Å². The van der Waals surface area contributed by atoms with E-state index in [1.165, 1.54) is 11.1 Å². The van der Waals surface area contributed by atoms with Gasteiger partial charge in [-0.05, 0) is 42.3 Å². The van der Waals surface area contributed by atoms with E-state index in [9.17, 15) is 0 Å². The molecule has 2 aromatic rings. The summed E-state index contributed by atoms with van der Waals surface area (Å²) >= 11 is 12.3. The predicted molar refractivity (Wildman–Crippen MR) is 81.2 cm³/mol. The minimum Gasteiger partial charge on any atom is -0.313 e. The first-order chi connectivity index (χ1) is 9.20. The normalized spacial score (nSPS) is 21.4. The van der Waals surface area contributed by atoms with Gasteiger partial charge in [-0.15, -0.1) is 0 Å². The molecule has 1 nitrogen and oxygen atoms in total. The van der Waals surface area contributed by atoms with Gasteiger partial charge in [-0.1, -0.05) is 53.5 Å². The fourth-order valence-electron chi connectivity index (χ4n) is 2.99. The van der Waals surface area contributed by atoms with Crippen molar-refractivity contribution in [3.63, 3.8) is 0 Å². The molecule has 2 aromatic carbocycles. The zero-order valence-corrected chi connectivity index (χ0v) is 12.2. The Hall–Kier alpha value is -1.02. The highest BCUT2D eigenvalue weighted by molar-refractivity contribution is 6.35. The zero-order valence-electron chi connectivity index (χ0n) is 10.7. The molecular weight excluding hydrogens is 277 g/mol. The quantitative estimate of drug-likeness (QED) is 0.839. The van der Waals surface area contributed by atoms with Crippen LogP contribution in [0.15, 0.2) is 42.5 Å². The number of rotatable bonds is 2. The van der Waals surface area contributed by atoms with Crippen LogP contribution >= 0.6 is 23.2 Å². The Labute approximate surface area is 123 Å². The Balaban J connectivity index is 2.08. The van der Waals surface area contributed by atoms with Crippen molar-refractivity contribution in [3.8, 4) is 0 Å². The molecule has 0 bridgehead atoms. The molecule has 3 rings (SSSR count). The van der Waals surface area contributed by atoms with Gasteiger partial charge in [-0.25, -0.2) is 0 Å². The van der Waals surface area contributed by atoms with Crippen LogP contribution in [0.1, 0.15) is 35.1 Å². The molecule has 0 fully saturated rings. The molecule has 0 aliphatic heterocycles. The maximum Gasteiger partial charge on any atom is 0.0459 e. The Morgan fingerprint density at radius 3 is 2.42 bits per heavy atom. The second-order valence-electron chi connectivity index (χ2n) is 4.92. The SMILES string of the molecule is CN[C@H]1C[C@@H](c2ccc(Cl)cc2Cl)c2ccccc21. The summed E-state index contributed by atoms with van der Waals surface area (Å²) in [6.07, 6.45) is 1.04. The summed E-state index contributed by atoms with van der Waals surface area (Å²) in [6, 6.07) is 14.8. The Morgan fingerprint density at radius 1 is 1.00 bits per heavy atom. The zero-order chi connectivity index (χ0) is 13.4. The predicted octanol–water partition coefficient (Wildman–Crippen LogP) is 4.79. The summed E-state index contributed by atoms with van der Waals surface area (Å²) in [4.78, 5) is 0. The largest absolute Gasteiger partial charge is 0.313 e. The average molecular weight is 292 g/mol. The standard InChI is InChI=1S/C16H15Cl2N/c1-19-16-9-14(11-4-2-3-5-13(11)16)12-7-6-10(17)8-15(12)18/h2-8,14,16,19H,9H2,1H3/t14-,16+/m1/s1. The van der Waals surface area contributed by atoms with Crippen LogP contribution in [0.5, 0.6) is 0 Å². The van der Waals surface area contributed by atoms with Crippen LogP contribution in [-0.2, 0) is 0 Å². The molecule has 0 radical (unpaired) electrons. The average Bonchev–Trinajstić information content (AvgIpc) is 2.78. The van der Waals surface area contributed by atoms with Gasteiger partial charge in [-0.2, -0.15) is 0 Å². The van der Waals surface area contributed by atoms with Crippen molar-refractivity contribution in [3.05, 3.63) is 69.2 Å². The summed E-state index contributed by atoms with van der Waals surface area (Å²) in [6.45, 7) is 0. The maximum absolute atomic E-state index is 6.36. The van der Waals surface area contributed by atoms with Gasteiger partial charge in [-0.3, -0.25) is 0 Å². The first-order valence-corrected chi connectivity index (χ1v) is 7.17. The molecule has 1 aliphatic rings. The molecule has 19 heavy (non-hydrogen) atoms. The molecule has 0 unspecified atom stereocenters. The first-order valence-electron chi connectivity index (χ1n) is 6.41. The fourth-order valence-corrected chi connectivity index (χ4v) is 3.53. The van der Waals surface area contributed by atoms with E-state index in [1.54, 1.807) is 0 Å². The molecule has 0 aromatic heterocycles. The van der Waals surface area contributed by atoms with Crippen LogP contribution in [0.3, 0.4) is 0 Å². The molecule has 0 saturated carbocycles. The number of fused-ring (bicyclic) bond motifs is 1. The first kappa shape index (κ1) is 13.0. The second-order valence-corrected chi connectivity index (χ2v) is 5.77. The van der Waals surface area contributed by atoms with Crippen LogP contribution in [0.4, 0.5) is 0 Å². The van der Waals surface area contributed by atoms with Crippen LogP contribution in [0, 0.1) is 0 Å². The third-order valence-corrected chi connectivity index (χ3v) is 4.47. The highest BCUT2D eigenvalue weighted by atomic mass is 35.5. The second kappa shape index (κ2) is 5.16. The van der Waals surface area contributed by atoms with Crippen LogP contribution in [-0.4, -0.2) is 7.05 Å². The number of hydrogen-bond donors (Lipinski definition) is 1. The molecular formula is C16H15Cl2N. The van der Waals surface area contributed by atoms with Gasteiger partial charge < -0.3 is 5.32 Å². The molecule has 0 spiro atoms. The maximum atomic E-state index is 6.36.